The van der Waals surface area contributed by atoms with Gasteiger partial charge in [0, 0.05) is 48.4 Å². The summed E-state index contributed by atoms with van der Waals surface area (Å²) in [5, 5.41) is 0.868. The number of rotatable bonds is 8. The molecule has 2 aromatic rings. The van der Waals surface area contributed by atoms with E-state index in [1.807, 2.05) is 13.0 Å². The molecule has 0 unspecified atom stereocenters. The summed E-state index contributed by atoms with van der Waals surface area (Å²) in [4.78, 5) is 16.9. The second kappa shape index (κ2) is 10.1. The fourth-order valence-electron chi connectivity index (χ4n) is 3.51. The van der Waals surface area contributed by atoms with Crippen LogP contribution in [0.1, 0.15) is 31.9 Å². The third-order valence-electron chi connectivity index (χ3n) is 5.12. The van der Waals surface area contributed by atoms with E-state index in [1.165, 1.54) is 16.4 Å². The molecule has 0 atom stereocenters. The zero-order valence-corrected chi connectivity index (χ0v) is 19.0. The molecule has 1 aliphatic heterocycles. The number of aryl methyl sites for hydroxylation is 1. The Bertz CT molecular complexity index is 989. The minimum atomic E-state index is -3.70. The van der Waals surface area contributed by atoms with Crippen LogP contribution in [0.5, 0.6) is 5.75 Å². The first-order valence-corrected chi connectivity index (χ1v) is 12.1. The Morgan fingerprint density at radius 1 is 1.17 bits per heavy atom. The zero-order chi connectivity index (χ0) is 21.7. The maximum absolute atomic E-state index is 13.0. The van der Waals surface area contributed by atoms with Crippen molar-refractivity contribution in [3.63, 3.8) is 0 Å². The van der Waals surface area contributed by atoms with Crippen LogP contribution in [0.2, 0.25) is 10.0 Å². The van der Waals surface area contributed by atoms with E-state index in [0.717, 1.165) is 5.69 Å². The quantitative estimate of drug-likeness (QED) is 0.571. The van der Waals surface area contributed by atoms with E-state index in [2.05, 4.69) is 4.98 Å². The Hall–Kier alpha value is -1.67. The molecular formula is C21H24Cl2N2O4S. The standard InChI is InChI=1S/C21H24Cl2N2O4S/c1-2-29-19-11-17(23)12-20(13-19)30(27,28)25-9-7-15(8-10-25)21(26)6-5-18-4-3-16(22)14-24-18/h3-4,11-15H,2,5-10H2,1H3. The highest BCUT2D eigenvalue weighted by atomic mass is 35.5. The van der Waals surface area contributed by atoms with Crippen molar-refractivity contribution in [1.82, 2.24) is 9.29 Å². The lowest BCUT2D eigenvalue weighted by Gasteiger charge is -2.30. The number of Topliss-reactive ketones (excluding diaryl/α,β-unsaturated/α-hetero) is 1. The van der Waals surface area contributed by atoms with Crippen molar-refractivity contribution >= 4 is 39.0 Å². The van der Waals surface area contributed by atoms with Gasteiger partial charge in [-0.05, 0) is 50.5 Å². The van der Waals surface area contributed by atoms with Crippen LogP contribution in [0, 0.1) is 5.92 Å². The molecule has 1 fully saturated rings. The van der Waals surface area contributed by atoms with Crippen molar-refractivity contribution in [2.45, 2.75) is 37.5 Å². The van der Waals surface area contributed by atoms with Gasteiger partial charge in [0.05, 0.1) is 16.5 Å². The number of carbonyl (C=O) groups excluding carboxylic acids is 1. The number of carbonyl (C=O) groups is 1. The fourth-order valence-corrected chi connectivity index (χ4v) is 5.45. The second-order valence-electron chi connectivity index (χ2n) is 7.17. The lowest BCUT2D eigenvalue weighted by Crippen LogP contribution is -2.40. The molecule has 6 nitrogen and oxygen atoms in total. The predicted molar refractivity (Wildman–Crippen MR) is 117 cm³/mol. The number of pyridine rings is 1. The molecule has 2 heterocycles. The average Bonchev–Trinajstić information content (AvgIpc) is 2.73. The fraction of sp³-hybridized carbons (Fsp3) is 0.429. The van der Waals surface area contributed by atoms with Gasteiger partial charge in [0.25, 0.3) is 0 Å². The molecule has 0 radical (unpaired) electrons. The van der Waals surface area contributed by atoms with Crippen LogP contribution in [0.25, 0.3) is 0 Å². The van der Waals surface area contributed by atoms with Gasteiger partial charge in [-0.2, -0.15) is 4.31 Å². The SMILES string of the molecule is CCOc1cc(Cl)cc(S(=O)(=O)N2CCC(C(=O)CCc3ccc(Cl)cn3)CC2)c1. The summed E-state index contributed by atoms with van der Waals surface area (Å²) in [6.45, 7) is 2.83. The summed E-state index contributed by atoms with van der Waals surface area (Å²) < 4.78 is 32.9. The smallest absolute Gasteiger partial charge is 0.243 e. The van der Waals surface area contributed by atoms with Gasteiger partial charge in [0.15, 0.2) is 0 Å². The molecule has 0 saturated carbocycles. The highest BCUT2D eigenvalue weighted by Gasteiger charge is 2.32. The first-order chi connectivity index (χ1) is 14.3. The van der Waals surface area contributed by atoms with Gasteiger partial charge in [0.2, 0.25) is 10.0 Å². The van der Waals surface area contributed by atoms with Crippen molar-refractivity contribution in [3.05, 3.63) is 52.3 Å². The second-order valence-corrected chi connectivity index (χ2v) is 9.98. The summed E-state index contributed by atoms with van der Waals surface area (Å²) in [7, 11) is -3.70. The summed E-state index contributed by atoms with van der Waals surface area (Å²) in [6.07, 6.45) is 3.52. The highest BCUT2D eigenvalue weighted by molar-refractivity contribution is 7.89. The van der Waals surface area contributed by atoms with Crippen molar-refractivity contribution in [3.8, 4) is 5.75 Å². The molecule has 30 heavy (non-hydrogen) atoms. The molecule has 1 aromatic carbocycles. The number of nitrogens with zero attached hydrogens (tertiary/aromatic N) is 2. The van der Waals surface area contributed by atoms with E-state index in [0.29, 0.717) is 61.2 Å². The number of benzene rings is 1. The molecule has 0 spiro atoms. The number of hydrogen-bond acceptors (Lipinski definition) is 5. The lowest BCUT2D eigenvalue weighted by atomic mass is 9.91. The van der Waals surface area contributed by atoms with E-state index < -0.39 is 10.0 Å². The first-order valence-electron chi connectivity index (χ1n) is 9.86. The zero-order valence-electron chi connectivity index (χ0n) is 16.7. The number of ether oxygens (including phenoxy) is 1. The minimum absolute atomic E-state index is 0.108. The Labute approximate surface area is 187 Å². The van der Waals surface area contributed by atoms with E-state index in [9.17, 15) is 13.2 Å². The molecule has 0 N–H and O–H groups in total. The molecule has 162 valence electrons. The van der Waals surface area contributed by atoms with Gasteiger partial charge < -0.3 is 4.74 Å². The number of aromatic nitrogens is 1. The largest absolute Gasteiger partial charge is 0.494 e. The average molecular weight is 471 g/mol. The van der Waals surface area contributed by atoms with Crippen molar-refractivity contribution < 1.29 is 17.9 Å². The van der Waals surface area contributed by atoms with E-state index in [1.54, 1.807) is 18.3 Å². The summed E-state index contributed by atoms with van der Waals surface area (Å²) in [5.74, 6) is 0.428. The number of ketones is 1. The van der Waals surface area contributed by atoms with Gasteiger partial charge in [-0.15, -0.1) is 0 Å². The topological polar surface area (TPSA) is 76.6 Å². The predicted octanol–water partition coefficient (Wildman–Crippen LogP) is 4.39. The number of sulfonamides is 1. The lowest BCUT2D eigenvalue weighted by molar-refractivity contribution is -0.123. The normalized spacial score (nSPS) is 15.8. The van der Waals surface area contributed by atoms with Crippen LogP contribution in [-0.2, 0) is 21.2 Å². The Morgan fingerprint density at radius 2 is 1.90 bits per heavy atom. The third-order valence-corrected chi connectivity index (χ3v) is 7.44. The highest BCUT2D eigenvalue weighted by Crippen LogP contribution is 2.29. The molecule has 9 heteroatoms. The third kappa shape index (κ3) is 5.72. The number of hydrogen-bond donors (Lipinski definition) is 0. The molecule has 1 aromatic heterocycles. The Morgan fingerprint density at radius 3 is 2.53 bits per heavy atom. The molecule has 0 amide bonds. The minimum Gasteiger partial charge on any atom is -0.494 e. The maximum Gasteiger partial charge on any atom is 0.243 e. The van der Waals surface area contributed by atoms with E-state index in [-0.39, 0.29) is 16.6 Å². The van der Waals surface area contributed by atoms with Crippen molar-refractivity contribution in [2.75, 3.05) is 19.7 Å². The van der Waals surface area contributed by atoms with E-state index >= 15 is 0 Å². The Kier molecular flexibility index (Phi) is 7.74. The van der Waals surface area contributed by atoms with Gasteiger partial charge in [-0.1, -0.05) is 23.2 Å². The Balaban J connectivity index is 1.59. The monoisotopic (exact) mass is 470 g/mol. The number of halogens is 2. The van der Waals surface area contributed by atoms with Gasteiger partial charge >= 0.3 is 0 Å². The molecule has 3 rings (SSSR count). The molecule has 1 aliphatic rings. The summed E-state index contributed by atoms with van der Waals surface area (Å²) in [5.41, 5.74) is 0.818. The van der Waals surface area contributed by atoms with Crippen LogP contribution in [0.4, 0.5) is 0 Å². The summed E-state index contributed by atoms with van der Waals surface area (Å²) in [6, 6.07) is 8.07. The maximum atomic E-state index is 13.0. The molecule has 1 saturated heterocycles. The van der Waals surface area contributed by atoms with E-state index in [4.69, 9.17) is 27.9 Å². The number of piperidine rings is 1. The van der Waals surface area contributed by atoms with Gasteiger partial charge in [0.1, 0.15) is 11.5 Å². The van der Waals surface area contributed by atoms with Crippen LogP contribution < -0.4 is 4.74 Å². The van der Waals surface area contributed by atoms with Crippen LogP contribution >= 0.6 is 23.2 Å². The van der Waals surface area contributed by atoms with Gasteiger partial charge in [-0.25, -0.2) is 8.42 Å². The molecular weight excluding hydrogens is 447 g/mol. The van der Waals surface area contributed by atoms with Crippen LogP contribution in [-0.4, -0.2) is 43.2 Å². The molecule has 0 aliphatic carbocycles. The van der Waals surface area contributed by atoms with Gasteiger partial charge in [-0.3, -0.25) is 9.78 Å². The van der Waals surface area contributed by atoms with Crippen LogP contribution in [0.3, 0.4) is 0 Å². The van der Waals surface area contributed by atoms with Crippen LogP contribution in [0.15, 0.2) is 41.4 Å². The summed E-state index contributed by atoms with van der Waals surface area (Å²) >= 11 is 11.9. The molecule has 0 bridgehead atoms. The first kappa shape index (κ1) is 23.0. The van der Waals surface area contributed by atoms with Crippen molar-refractivity contribution in [1.29, 1.82) is 0 Å². The van der Waals surface area contributed by atoms with Crippen molar-refractivity contribution in [2.24, 2.45) is 5.92 Å².